The molecule has 0 fully saturated rings. The lowest BCUT2D eigenvalue weighted by molar-refractivity contribution is -0.888. The Kier molecular flexibility index (Phi) is 5.20. The Balaban J connectivity index is 1.46. The molecule has 3 aromatic rings. The van der Waals surface area contributed by atoms with Gasteiger partial charge in [0.15, 0.2) is 0 Å². The SMILES string of the molecule is COc1ccc2c(c1)C[NH+]([O-])C2Cc1ccc(C(=O)Nc2ccccc2N)cc1. The highest BCUT2D eigenvalue weighted by Crippen LogP contribution is 2.28. The number of nitrogens with one attached hydrogen (secondary N) is 2. The van der Waals surface area contributed by atoms with Gasteiger partial charge in [-0.25, -0.2) is 0 Å². The van der Waals surface area contributed by atoms with Gasteiger partial charge >= 0.3 is 0 Å². The molecule has 6 nitrogen and oxygen atoms in total. The molecule has 6 heteroatoms. The van der Waals surface area contributed by atoms with Gasteiger partial charge in [-0.3, -0.25) is 4.79 Å². The third-order valence-corrected chi connectivity index (χ3v) is 5.34. The number of hydrogen-bond donors (Lipinski definition) is 3. The maximum atomic E-state index is 12.5. The van der Waals surface area contributed by atoms with Crippen LogP contribution in [0, 0.1) is 5.21 Å². The summed E-state index contributed by atoms with van der Waals surface area (Å²) in [7, 11) is 1.62. The number of carbonyl (C=O) groups excluding carboxylic acids is 1. The van der Waals surface area contributed by atoms with E-state index < -0.39 is 0 Å². The van der Waals surface area contributed by atoms with Crippen LogP contribution in [0.25, 0.3) is 0 Å². The molecule has 4 rings (SSSR count). The van der Waals surface area contributed by atoms with Crippen LogP contribution in [-0.4, -0.2) is 13.0 Å². The smallest absolute Gasteiger partial charge is 0.255 e. The standard InChI is InChI=1S/C23H23N3O3/c1-29-18-10-11-19-17(13-18)14-26(28)22(19)12-15-6-8-16(9-7-15)23(27)25-21-5-3-2-4-20(21)24/h2-11,13,22,26H,12,14,24H2,1H3,(H,25,27). The highest BCUT2D eigenvalue weighted by atomic mass is 16.5. The first kappa shape index (κ1) is 19.0. The molecule has 1 aliphatic heterocycles. The van der Waals surface area contributed by atoms with E-state index in [1.165, 1.54) is 0 Å². The molecule has 148 valence electrons. The summed E-state index contributed by atoms with van der Waals surface area (Å²) in [6.45, 7) is 0.441. The van der Waals surface area contributed by atoms with Crippen molar-refractivity contribution in [1.29, 1.82) is 0 Å². The zero-order valence-electron chi connectivity index (χ0n) is 16.1. The van der Waals surface area contributed by atoms with Gasteiger partial charge in [0.25, 0.3) is 5.91 Å². The van der Waals surface area contributed by atoms with Crippen LogP contribution in [0.5, 0.6) is 5.75 Å². The lowest BCUT2D eigenvalue weighted by atomic mass is 9.97. The molecule has 2 unspecified atom stereocenters. The molecule has 0 saturated carbocycles. The molecule has 1 aliphatic rings. The van der Waals surface area contributed by atoms with Crippen LogP contribution in [0.15, 0.2) is 66.7 Å². The number of carbonyl (C=O) groups is 1. The quantitative estimate of drug-likeness (QED) is 0.462. The highest BCUT2D eigenvalue weighted by molar-refractivity contribution is 6.05. The number of amides is 1. The Bertz CT molecular complexity index is 1030. The van der Waals surface area contributed by atoms with Crippen molar-refractivity contribution in [3.63, 3.8) is 0 Å². The fourth-order valence-electron chi connectivity index (χ4n) is 3.74. The van der Waals surface area contributed by atoms with Gasteiger partial charge in [-0.15, -0.1) is 0 Å². The predicted molar refractivity (Wildman–Crippen MR) is 113 cm³/mol. The van der Waals surface area contributed by atoms with Crippen molar-refractivity contribution in [2.24, 2.45) is 0 Å². The molecular weight excluding hydrogens is 366 g/mol. The summed E-state index contributed by atoms with van der Waals surface area (Å²) in [6, 6.07) is 20.2. The van der Waals surface area contributed by atoms with E-state index in [9.17, 15) is 10.0 Å². The number of para-hydroxylation sites is 2. The molecule has 0 aliphatic carbocycles. The van der Waals surface area contributed by atoms with Crippen molar-refractivity contribution in [3.8, 4) is 5.75 Å². The van der Waals surface area contributed by atoms with E-state index >= 15 is 0 Å². The topological polar surface area (TPSA) is 91.8 Å². The molecule has 0 radical (unpaired) electrons. The molecule has 1 heterocycles. The van der Waals surface area contributed by atoms with Crippen LogP contribution in [0.1, 0.15) is 33.1 Å². The normalized spacial score (nSPS) is 17.6. The van der Waals surface area contributed by atoms with E-state index in [2.05, 4.69) is 5.32 Å². The van der Waals surface area contributed by atoms with Crippen LogP contribution in [0.2, 0.25) is 0 Å². The maximum Gasteiger partial charge on any atom is 0.255 e. The van der Waals surface area contributed by atoms with Crippen molar-refractivity contribution in [3.05, 3.63) is 94.2 Å². The lowest BCUT2D eigenvalue weighted by Gasteiger charge is -2.24. The average molecular weight is 389 g/mol. The van der Waals surface area contributed by atoms with Gasteiger partial charge < -0.3 is 26.1 Å². The number of quaternary nitrogens is 1. The minimum Gasteiger partial charge on any atom is -0.634 e. The molecule has 0 saturated heterocycles. The Hall–Kier alpha value is -3.35. The molecule has 1 amide bonds. The number of anilines is 2. The molecule has 4 N–H and O–H groups in total. The summed E-state index contributed by atoms with van der Waals surface area (Å²) in [5.74, 6) is 0.551. The Morgan fingerprint density at radius 2 is 1.93 bits per heavy atom. The number of hydrogen-bond acceptors (Lipinski definition) is 4. The number of fused-ring (bicyclic) bond motifs is 1. The van der Waals surface area contributed by atoms with Crippen LogP contribution in [0.3, 0.4) is 0 Å². The average Bonchev–Trinajstić information content (AvgIpc) is 3.04. The summed E-state index contributed by atoms with van der Waals surface area (Å²) in [6.07, 6.45) is 0.617. The minimum atomic E-state index is -0.219. The van der Waals surface area contributed by atoms with Crippen LogP contribution in [-0.2, 0) is 13.0 Å². The summed E-state index contributed by atoms with van der Waals surface area (Å²) in [5, 5.41) is 15.6. The largest absolute Gasteiger partial charge is 0.634 e. The summed E-state index contributed by atoms with van der Waals surface area (Å²) < 4.78 is 5.26. The number of benzene rings is 3. The van der Waals surface area contributed by atoms with Crippen molar-refractivity contribution in [1.82, 2.24) is 0 Å². The second-order valence-electron chi connectivity index (χ2n) is 7.20. The third kappa shape index (κ3) is 3.94. The molecule has 0 bridgehead atoms. The third-order valence-electron chi connectivity index (χ3n) is 5.34. The highest BCUT2D eigenvalue weighted by Gasteiger charge is 2.29. The number of nitrogen functional groups attached to an aromatic ring is 1. The zero-order valence-corrected chi connectivity index (χ0v) is 16.1. The van der Waals surface area contributed by atoms with Gasteiger partial charge in [0.2, 0.25) is 0 Å². The van der Waals surface area contributed by atoms with E-state index in [0.29, 0.717) is 29.9 Å². The Morgan fingerprint density at radius 1 is 1.17 bits per heavy atom. The van der Waals surface area contributed by atoms with Crippen LogP contribution >= 0.6 is 0 Å². The number of ether oxygens (including phenoxy) is 1. The van der Waals surface area contributed by atoms with Gasteiger partial charge in [0.1, 0.15) is 18.3 Å². The van der Waals surface area contributed by atoms with E-state index in [1.54, 1.807) is 31.4 Å². The molecule has 2 atom stereocenters. The fraction of sp³-hybridized carbons (Fsp3) is 0.174. The van der Waals surface area contributed by atoms with Gasteiger partial charge in [-0.05, 0) is 48.0 Å². The first-order valence-corrected chi connectivity index (χ1v) is 9.49. The van der Waals surface area contributed by atoms with Gasteiger partial charge in [0.05, 0.1) is 18.5 Å². The molecule has 3 aromatic carbocycles. The van der Waals surface area contributed by atoms with Crippen molar-refractivity contribution in [2.45, 2.75) is 19.0 Å². The zero-order chi connectivity index (χ0) is 20.4. The molecule has 29 heavy (non-hydrogen) atoms. The van der Waals surface area contributed by atoms with Gasteiger partial charge in [0, 0.05) is 23.1 Å². The van der Waals surface area contributed by atoms with Crippen LogP contribution < -0.4 is 20.9 Å². The second kappa shape index (κ2) is 7.95. The minimum absolute atomic E-state index is 0.153. The van der Waals surface area contributed by atoms with Gasteiger partial charge in [-0.1, -0.05) is 24.3 Å². The molecular formula is C23H23N3O3. The van der Waals surface area contributed by atoms with E-state index in [4.69, 9.17) is 10.5 Å². The number of rotatable bonds is 5. The molecule has 0 aromatic heterocycles. The first-order valence-electron chi connectivity index (χ1n) is 9.49. The second-order valence-corrected chi connectivity index (χ2v) is 7.20. The predicted octanol–water partition coefficient (Wildman–Crippen LogP) is 2.71. The number of hydroxylamine groups is 2. The van der Waals surface area contributed by atoms with E-state index in [1.807, 2.05) is 42.5 Å². The first-order chi connectivity index (χ1) is 14.0. The van der Waals surface area contributed by atoms with Crippen molar-refractivity contribution in [2.75, 3.05) is 18.2 Å². The van der Waals surface area contributed by atoms with Crippen molar-refractivity contribution >= 4 is 17.3 Å². The van der Waals surface area contributed by atoms with Gasteiger partial charge in [-0.2, -0.15) is 0 Å². The Morgan fingerprint density at radius 3 is 2.66 bits per heavy atom. The summed E-state index contributed by atoms with van der Waals surface area (Å²) in [5.41, 5.74) is 10.6. The Labute approximate surface area is 169 Å². The van der Waals surface area contributed by atoms with Crippen molar-refractivity contribution < 1.29 is 14.6 Å². The lowest BCUT2D eigenvalue weighted by Crippen LogP contribution is -3.04. The molecule has 0 spiro atoms. The number of nitrogens with two attached hydrogens (primary N) is 1. The van der Waals surface area contributed by atoms with Crippen LogP contribution in [0.4, 0.5) is 11.4 Å². The van der Waals surface area contributed by atoms with E-state index in [0.717, 1.165) is 22.4 Å². The maximum absolute atomic E-state index is 12.5. The fourth-order valence-corrected chi connectivity index (χ4v) is 3.74. The summed E-state index contributed by atoms with van der Waals surface area (Å²) >= 11 is 0. The summed E-state index contributed by atoms with van der Waals surface area (Å²) in [4.78, 5) is 12.5. The monoisotopic (exact) mass is 389 g/mol. The van der Waals surface area contributed by atoms with E-state index in [-0.39, 0.29) is 17.0 Å². The number of methoxy groups -OCH3 is 1.